The average Bonchev–Trinajstić information content (AvgIpc) is 3.12. The van der Waals surface area contributed by atoms with Gasteiger partial charge in [0.15, 0.2) is 9.84 Å². The second-order valence-electron chi connectivity index (χ2n) is 7.29. The molecule has 0 fully saturated rings. The third kappa shape index (κ3) is 4.83. The van der Waals surface area contributed by atoms with Gasteiger partial charge in [0.1, 0.15) is 12.4 Å². The minimum absolute atomic E-state index is 0.0111. The molecule has 0 radical (unpaired) electrons. The molecule has 0 atom stereocenters. The molecule has 158 valence electrons. The Kier molecular flexibility index (Phi) is 5.86. The Morgan fingerprint density at radius 2 is 1.61 bits per heavy atom. The number of carbonyl (C=O) groups is 1. The molecular formula is C24H21FN2O3S. The van der Waals surface area contributed by atoms with Crippen LogP contribution in [-0.2, 0) is 33.5 Å². The molecule has 31 heavy (non-hydrogen) atoms. The number of carbonyl (C=O) groups excluding carboxylic acids is 1. The van der Waals surface area contributed by atoms with Crippen LogP contribution < -0.4 is 5.32 Å². The highest BCUT2D eigenvalue weighted by Crippen LogP contribution is 2.28. The van der Waals surface area contributed by atoms with Crippen molar-refractivity contribution >= 4 is 26.6 Å². The summed E-state index contributed by atoms with van der Waals surface area (Å²) in [6.07, 6.45) is 1.49. The zero-order chi connectivity index (χ0) is 21.8. The van der Waals surface area contributed by atoms with E-state index in [4.69, 9.17) is 0 Å². The summed E-state index contributed by atoms with van der Waals surface area (Å²) in [7, 11) is -3.75. The Morgan fingerprint density at radius 1 is 0.903 bits per heavy atom. The van der Waals surface area contributed by atoms with Crippen LogP contribution in [0.1, 0.15) is 11.1 Å². The van der Waals surface area contributed by atoms with Crippen molar-refractivity contribution < 1.29 is 17.6 Å². The van der Waals surface area contributed by atoms with Crippen LogP contribution in [0.15, 0.2) is 90.0 Å². The van der Waals surface area contributed by atoms with Crippen molar-refractivity contribution in [2.75, 3.05) is 0 Å². The van der Waals surface area contributed by atoms with Gasteiger partial charge in [-0.3, -0.25) is 4.79 Å². The van der Waals surface area contributed by atoms with E-state index in [0.717, 1.165) is 5.56 Å². The maximum Gasteiger partial charge on any atom is 0.240 e. The number of benzene rings is 3. The summed E-state index contributed by atoms with van der Waals surface area (Å²) in [5.41, 5.74) is 2.00. The average molecular weight is 437 g/mol. The Balaban J connectivity index is 1.59. The molecule has 0 saturated carbocycles. The quantitative estimate of drug-likeness (QED) is 0.475. The van der Waals surface area contributed by atoms with Crippen molar-refractivity contribution in [1.29, 1.82) is 0 Å². The van der Waals surface area contributed by atoms with E-state index in [-0.39, 0.29) is 23.1 Å². The minimum atomic E-state index is -3.75. The van der Waals surface area contributed by atoms with E-state index >= 15 is 0 Å². The monoisotopic (exact) mass is 436 g/mol. The van der Waals surface area contributed by atoms with Gasteiger partial charge in [-0.15, -0.1) is 0 Å². The summed E-state index contributed by atoms with van der Waals surface area (Å²) in [5.74, 6) is -1.03. The molecule has 5 nitrogen and oxygen atoms in total. The highest BCUT2D eigenvalue weighted by Gasteiger charge is 2.22. The molecule has 0 spiro atoms. The summed E-state index contributed by atoms with van der Waals surface area (Å²) in [6, 6.07) is 22.1. The van der Waals surface area contributed by atoms with Crippen molar-refractivity contribution in [3.8, 4) is 0 Å². The second-order valence-corrected chi connectivity index (χ2v) is 9.25. The summed E-state index contributed by atoms with van der Waals surface area (Å²) in [6.45, 7) is 0.381. The van der Waals surface area contributed by atoms with Gasteiger partial charge in [0.05, 0.1) is 10.6 Å². The molecule has 4 rings (SSSR count). The molecule has 4 aromatic rings. The first kappa shape index (κ1) is 20.8. The third-order valence-corrected chi connectivity index (χ3v) is 6.69. The number of aromatic nitrogens is 1. The number of nitrogens with one attached hydrogen (secondary N) is 1. The molecule has 0 aliphatic heterocycles. The third-order valence-electron chi connectivity index (χ3n) is 4.98. The van der Waals surface area contributed by atoms with Gasteiger partial charge in [-0.05, 0) is 29.3 Å². The number of fused-ring (bicyclic) bond motifs is 1. The molecule has 1 aromatic heterocycles. The maximum absolute atomic E-state index is 13.5. The van der Waals surface area contributed by atoms with Gasteiger partial charge >= 0.3 is 0 Å². The van der Waals surface area contributed by atoms with E-state index in [1.54, 1.807) is 34.9 Å². The zero-order valence-corrected chi connectivity index (χ0v) is 17.5. The van der Waals surface area contributed by atoms with Crippen LogP contribution in [-0.4, -0.2) is 18.9 Å². The fraction of sp³-hybridized carbons (Fsp3) is 0.125. The summed E-state index contributed by atoms with van der Waals surface area (Å²) in [4.78, 5) is 12.6. The van der Waals surface area contributed by atoms with E-state index < -0.39 is 15.7 Å². The smallest absolute Gasteiger partial charge is 0.240 e. The standard InChI is InChI=1S/C24H21FN2O3S/c25-20-10-6-9-19(13-20)17-31(29,30)23-15-27(22-12-5-4-11-21(22)23)16-24(28)26-14-18-7-2-1-3-8-18/h1-13,15H,14,16-17H2,(H,26,28). The van der Waals surface area contributed by atoms with E-state index in [1.165, 1.54) is 24.4 Å². The van der Waals surface area contributed by atoms with Gasteiger partial charge in [-0.2, -0.15) is 0 Å². The highest BCUT2D eigenvalue weighted by atomic mass is 32.2. The number of hydrogen-bond acceptors (Lipinski definition) is 3. The fourth-order valence-corrected chi connectivity index (χ4v) is 5.09. The van der Waals surface area contributed by atoms with E-state index in [0.29, 0.717) is 23.0 Å². The van der Waals surface area contributed by atoms with Gasteiger partial charge in [-0.25, -0.2) is 12.8 Å². The van der Waals surface area contributed by atoms with Crippen molar-refractivity contribution in [3.63, 3.8) is 0 Å². The van der Waals surface area contributed by atoms with Crippen LogP contribution in [0.3, 0.4) is 0 Å². The molecule has 3 aromatic carbocycles. The lowest BCUT2D eigenvalue weighted by molar-refractivity contribution is -0.121. The van der Waals surface area contributed by atoms with Gasteiger partial charge in [0.25, 0.3) is 0 Å². The maximum atomic E-state index is 13.5. The molecule has 0 aliphatic rings. The molecule has 0 bridgehead atoms. The number of halogens is 1. The van der Waals surface area contributed by atoms with Gasteiger partial charge in [0.2, 0.25) is 5.91 Å². The number of rotatable bonds is 7. The summed E-state index contributed by atoms with van der Waals surface area (Å²) < 4.78 is 41.3. The Morgan fingerprint density at radius 3 is 2.39 bits per heavy atom. The number of amides is 1. The molecule has 1 amide bonds. The molecule has 0 aliphatic carbocycles. The first-order valence-corrected chi connectivity index (χ1v) is 11.4. The predicted molar refractivity (Wildman–Crippen MR) is 118 cm³/mol. The van der Waals surface area contributed by atoms with Crippen LogP contribution >= 0.6 is 0 Å². The number of sulfone groups is 1. The lowest BCUT2D eigenvalue weighted by Gasteiger charge is -2.07. The normalized spacial score (nSPS) is 11.5. The van der Waals surface area contributed by atoms with Gasteiger partial charge < -0.3 is 9.88 Å². The molecule has 1 heterocycles. The van der Waals surface area contributed by atoms with Crippen LogP contribution in [0.4, 0.5) is 4.39 Å². The first-order valence-electron chi connectivity index (χ1n) is 9.78. The summed E-state index contributed by atoms with van der Waals surface area (Å²) >= 11 is 0. The lowest BCUT2D eigenvalue weighted by Crippen LogP contribution is -2.26. The minimum Gasteiger partial charge on any atom is -0.350 e. The molecule has 1 N–H and O–H groups in total. The Hall–Kier alpha value is -3.45. The predicted octanol–water partition coefficient (Wildman–Crippen LogP) is 4.07. The lowest BCUT2D eigenvalue weighted by atomic mass is 10.2. The second kappa shape index (κ2) is 8.73. The number of hydrogen-bond donors (Lipinski definition) is 1. The van der Waals surface area contributed by atoms with E-state index in [9.17, 15) is 17.6 Å². The topological polar surface area (TPSA) is 68.2 Å². The van der Waals surface area contributed by atoms with Crippen molar-refractivity contribution in [2.45, 2.75) is 23.7 Å². The number of para-hydroxylation sites is 1. The van der Waals surface area contributed by atoms with Crippen LogP contribution in [0, 0.1) is 5.82 Å². The zero-order valence-electron chi connectivity index (χ0n) is 16.7. The molecular weight excluding hydrogens is 415 g/mol. The Labute approximate surface area is 180 Å². The van der Waals surface area contributed by atoms with Crippen LogP contribution in [0.25, 0.3) is 10.9 Å². The van der Waals surface area contributed by atoms with Crippen LogP contribution in [0.2, 0.25) is 0 Å². The van der Waals surface area contributed by atoms with Gasteiger partial charge in [-0.1, -0.05) is 60.7 Å². The van der Waals surface area contributed by atoms with Crippen molar-refractivity contribution in [1.82, 2.24) is 9.88 Å². The van der Waals surface area contributed by atoms with E-state index in [2.05, 4.69) is 5.32 Å². The number of nitrogens with zero attached hydrogens (tertiary/aromatic N) is 1. The first-order chi connectivity index (χ1) is 14.9. The highest BCUT2D eigenvalue weighted by molar-refractivity contribution is 7.90. The molecule has 0 unspecified atom stereocenters. The van der Waals surface area contributed by atoms with E-state index in [1.807, 2.05) is 30.3 Å². The Bertz CT molecular complexity index is 1330. The summed E-state index contributed by atoms with van der Waals surface area (Å²) in [5, 5.41) is 3.39. The van der Waals surface area contributed by atoms with Crippen molar-refractivity contribution in [2.24, 2.45) is 0 Å². The molecule has 7 heteroatoms. The molecule has 0 saturated heterocycles. The fourth-order valence-electron chi connectivity index (χ4n) is 3.52. The van der Waals surface area contributed by atoms with Crippen molar-refractivity contribution in [3.05, 3.63) is 102 Å². The largest absolute Gasteiger partial charge is 0.350 e. The van der Waals surface area contributed by atoms with Gasteiger partial charge in [0, 0.05) is 23.6 Å². The van der Waals surface area contributed by atoms with Crippen LogP contribution in [0.5, 0.6) is 0 Å². The SMILES string of the molecule is O=C(Cn1cc(S(=O)(=O)Cc2cccc(F)c2)c2ccccc21)NCc1ccccc1.